The van der Waals surface area contributed by atoms with E-state index in [1.165, 1.54) is 32.5 Å². The Morgan fingerprint density at radius 1 is 1.04 bits per heavy atom. The Morgan fingerprint density at radius 3 is 2.50 bits per heavy atom. The van der Waals surface area contributed by atoms with Crippen LogP contribution in [0.3, 0.4) is 0 Å². The van der Waals surface area contributed by atoms with Gasteiger partial charge in [-0.25, -0.2) is 14.4 Å². The van der Waals surface area contributed by atoms with Gasteiger partial charge in [-0.2, -0.15) is 0 Å². The highest BCUT2D eigenvalue weighted by Gasteiger charge is 2.14. The third-order valence-electron chi connectivity index (χ3n) is 3.36. The van der Waals surface area contributed by atoms with Gasteiger partial charge in [-0.1, -0.05) is 0 Å². The van der Waals surface area contributed by atoms with Crippen LogP contribution in [0.5, 0.6) is 11.6 Å². The summed E-state index contributed by atoms with van der Waals surface area (Å²) >= 11 is 0. The zero-order valence-corrected chi connectivity index (χ0v) is 13.0. The summed E-state index contributed by atoms with van der Waals surface area (Å²) < 4.78 is 23.9. The van der Waals surface area contributed by atoms with E-state index in [9.17, 15) is 4.39 Å². The van der Waals surface area contributed by atoms with Crippen LogP contribution in [0, 0.1) is 5.82 Å². The van der Waals surface area contributed by atoms with E-state index in [-0.39, 0.29) is 11.7 Å². The van der Waals surface area contributed by atoms with Gasteiger partial charge in [0.1, 0.15) is 0 Å². The van der Waals surface area contributed by atoms with Crippen LogP contribution in [0.25, 0.3) is 22.5 Å². The first-order valence-electron chi connectivity index (χ1n) is 6.97. The molecule has 2 aromatic heterocycles. The van der Waals surface area contributed by atoms with Crippen molar-refractivity contribution in [1.82, 2.24) is 20.2 Å². The Labute approximate surface area is 137 Å². The normalized spacial score (nSPS) is 10.5. The number of nitrogen functional groups attached to an aromatic ring is 1. The first-order chi connectivity index (χ1) is 11.6. The first kappa shape index (κ1) is 15.6. The van der Waals surface area contributed by atoms with E-state index in [4.69, 9.17) is 15.2 Å². The van der Waals surface area contributed by atoms with E-state index in [0.29, 0.717) is 28.4 Å². The van der Waals surface area contributed by atoms with Crippen LogP contribution in [-0.4, -0.2) is 34.4 Å². The number of aromatic nitrogens is 4. The van der Waals surface area contributed by atoms with Gasteiger partial charge in [-0.15, -0.1) is 10.2 Å². The lowest BCUT2D eigenvalue weighted by molar-refractivity contribution is 0.386. The summed E-state index contributed by atoms with van der Waals surface area (Å²) in [6.07, 6.45) is 1.52. The molecule has 2 heterocycles. The monoisotopic (exact) mass is 327 g/mol. The van der Waals surface area contributed by atoms with Gasteiger partial charge < -0.3 is 15.2 Å². The average molecular weight is 327 g/mol. The SMILES string of the molecule is COc1ccc(-c2cnc(N)nc2-c2ccc(OC)c(F)c2)nn1. The Balaban J connectivity index is 2.13. The molecule has 0 unspecified atom stereocenters. The van der Waals surface area contributed by atoms with Gasteiger partial charge in [0, 0.05) is 23.4 Å². The smallest absolute Gasteiger partial charge is 0.233 e. The molecule has 7 nitrogen and oxygen atoms in total. The third kappa shape index (κ3) is 2.94. The van der Waals surface area contributed by atoms with Crippen molar-refractivity contribution in [1.29, 1.82) is 0 Å². The number of methoxy groups -OCH3 is 2. The van der Waals surface area contributed by atoms with E-state index in [0.717, 1.165) is 0 Å². The molecule has 24 heavy (non-hydrogen) atoms. The fourth-order valence-electron chi connectivity index (χ4n) is 2.19. The summed E-state index contributed by atoms with van der Waals surface area (Å²) in [7, 11) is 2.90. The summed E-state index contributed by atoms with van der Waals surface area (Å²) in [4.78, 5) is 8.21. The van der Waals surface area contributed by atoms with Crippen LogP contribution in [0.1, 0.15) is 0 Å². The molecule has 0 aliphatic carbocycles. The van der Waals surface area contributed by atoms with Crippen molar-refractivity contribution in [3.63, 3.8) is 0 Å². The van der Waals surface area contributed by atoms with Crippen LogP contribution in [0.15, 0.2) is 36.5 Å². The van der Waals surface area contributed by atoms with Crippen molar-refractivity contribution < 1.29 is 13.9 Å². The largest absolute Gasteiger partial charge is 0.494 e. The summed E-state index contributed by atoms with van der Waals surface area (Å²) in [5.74, 6) is 0.101. The number of hydrogen-bond acceptors (Lipinski definition) is 7. The Morgan fingerprint density at radius 2 is 1.88 bits per heavy atom. The number of nitrogens with two attached hydrogens (primary N) is 1. The van der Waals surface area contributed by atoms with Gasteiger partial charge in [0.2, 0.25) is 11.8 Å². The van der Waals surface area contributed by atoms with Gasteiger partial charge in [-0.3, -0.25) is 0 Å². The summed E-state index contributed by atoms with van der Waals surface area (Å²) in [5.41, 5.74) is 7.75. The standard InChI is InChI=1S/C16H14FN5O2/c1-23-13-5-3-9(7-11(13)17)15-10(8-19-16(18)20-15)12-4-6-14(24-2)22-21-12/h3-8H,1-2H3,(H2,18,19,20). The van der Waals surface area contributed by atoms with E-state index < -0.39 is 5.82 Å². The van der Waals surface area contributed by atoms with Crippen molar-refractivity contribution in [3.05, 3.63) is 42.3 Å². The highest BCUT2D eigenvalue weighted by Crippen LogP contribution is 2.31. The maximum absolute atomic E-state index is 14.0. The van der Waals surface area contributed by atoms with Crippen LogP contribution >= 0.6 is 0 Å². The topological polar surface area (TPSA) is 96.0 Å². The molecule has 0 radical (unpaired) electrons. The minimum Gasteiger partial charge on any atom is -0.494 e. The maximum atomic E-state index is 14.0. The van der Waals surface area contributed by atoms with Crippen molar-refractivity contribution in [3.8, 4) is 34.1 Å². The van der Waals surface area contributed by atoms with Crippen molar-refractivity contribution in [2.75, 3.05) is 20.0 Å². The minimum absolute atomic E-state index is 0.0754. The maximum Gasteiger partial charge on any atom is 0.233 e. The lowest BCUT2D eigenvalue weighted by atomic mass is 10.0. The predicted octanol–water partition coefficient (Wildman–Crippen LogP) is 2.34. The van der Waals surface area contributed by atoms with Crippen LogP contribution in [0.4, 0.5) is 10.3 Å². The Kier molecular flexibility index (Phi) is 4.19. The van der Waals surface area contributed by atoms with E-state index in [1.54, 1.807) is 18.2 Å². The molecule has 0 saturated carbocycles. The molecule has 1 aromatic carbocycles. The molecule has 0 saturated heterocycles. The van der Waals surface area contributed by atoms with Gasteiger partial charge in [0.15, 0.2) is 11.6 Å². The number of hydrogen-bond donors (Lipinski definition) is 1. The average Bonchev–Trinajstić information content (AvgIpc) is 2.61. The van der Waals surface area contributed by atoms with E-state index in [2.05, 4.69) is 20.2 Å². The van der Waals surface area contributed by atoms with Gasteiger partial charge in [0.05, 0.1) is 25.6 Å². The molecule has 3 rings (SSSR count). The van der Waals surface area contributed by atoms with E-state index >= 15 is 0 Å². The summed E-state index contributed by atoms with van der Waals surface area (Å²) in [6, 6.07) is 7.90. The fraction of sp³-hybridized carbons (Fsp3) is 0.125. The zero-order chi connectivity index (χ0) is 17.1. The second kappa shape index (κ2) is 6.45. The fourth-order valence-corrected chi connectivity index (χ4v) is 2.19. The molecule has 3 aromatic rings. The second-order valence-electron chi connectivity index (χ2n) is 4.80. The van der Waals surface area contributed by atoms with Crippen LogP contribution in [-0.2, 0) is 0 Å². The molecule has 122 valence electrons. The van der Waals surface area contributed by atoms with Gasteiger partial charge in [0.25, 0.3) is 0 Å². The molecule has 0 aliphatic heterocycles. The second-order valence-corrected chi connectivity index (χ2v) is 4.80. The predicted molar refractivity (Wildman–Crippen MR) is 86.0 cm³/mol. The molecular weight excluding hydrogens is 313 g/mol. The molecule has 0 amide bonds. The molecule has 0 atom stereocenters. The zero-order valence-electron chi connectivity index (χ0n) is 13.0. The lowest BCUT2D eigenvalue weighted by Gasteiger charge is -2.10. The van der Waals surface area contributed by atoms with E-state index in [1.807, 2.05) is 0 Å². The molecule has 0 bridgehead atoms. The Bertz CT molecular complexity index is 871. The third-order valence-corrected chi connectivity index (χ3v) is 3.36. The molecule has 8 heteroatoms. The molecule has 2 N–H and O–H groups in total. The van der Waals surface area contributed by atoms with Crippen molar-refractivity contribution in [2.45, 2.75) is 0 Å². The summed E-state index contributed by atoms with van der Waals surface area (Å²) in [5, 5.41) is 8.00. The highest BCUT2D eigenvalue weighted by atomic mass is 19.1. The molecule has 0 fully saturated rings. The number of ether oxygens (including phenoxy) is 2. The molecule has 0 aliphatic rings. The van der Waals surface area contributed by atoms with Crippen molar-refractivity contribution >= 4 is 5.95 Å². The Hall–Kier alpha value is -3.29. The minimum atomic E-state index is -0.501. The lowest BCUT2D eigenvalue weighted by Crippen LogP contribution is -2.01. The van der Waals surface area contributed by atoms with Crippen molar-refractivity contribution in [2.24, 2.45) is 0 Å². The van der Waals surface area contributed by atoms with Gasteiger partial charge >= 0.3 is 0 Å². The van der Waals surface area contributed by atoms with Crippen LogP contribution in [0.2, 0.25) is 0 Å². The summed E-state index contributed by atoms with van der Waals surface area (Å²) in [6.45, 7) is 0. The van der Waals surface area contributed by atoms with Gasteiger partial charge in [-0.05, 0) is 24.3 Å². The number of benzene rings is 1. The number of nitrogens with zero attached hydrogens (tertiary/aromatic N) is 4. The number of halogens is 1. The first-order valence-corrected chi connectivity index (χ1v) is 6.97. The number of anilines is 1. The molecular formula is C16H14FN5O2. The highest BCUT2D eigenvalue weighted by molar-refractivity contribution is 5.79. The van der Waals surface area contributed by atoms with Crippen LogP contribution < -0.4 is 15.2 Å². The number of rotatable bonds is 4. The molecule has 0 spiro atoms. The quantitative estimate of drug-likeness (QED) is 0.785.